The zero-order valence-corrected chi connectivity index (χ0v) is 15.7. The molecule has 0 aliphatic rings. The quantitative estimate of drug-likeness (QED) is 0.703. The van der Waals surface area contributed by atoms with Gasteiger partial charge in [-0.2, -0.15) is 0 Å². The van der Waals surface area contributed by atoms with E-state index < -0.39 is 0 Å². The van der Waals surface area contributed by atoms with E-state index in [1.807, 2.05) is 0 Å². The summed E-state index contributed by atoms with van der Waals surface area (Å²) >= 11 is 8.68. The van der Waals surface area contributed by atoms with E-state index in [1.165, 1.54) is 0 Å². The zero-order valence-electron chi connectivity index (χ0n) is 11.8. The molecule has 3 nitrogen and oxygen atoms in total. The number of rotatable bonds is 5. The molecular weight excluding hydrogens is 402 g/mol. The van der Waals surface area contributed by atoms with Gasteiger partial charge in [0.25, 0.3) is 0 Å². The predicted molar refractivity (Wildman–Crippen MR) is 93.6 cm³/mol. The maximum absolute atomic E-state index is 4.70. The third-order valence-electron chi connectivity index (χ3n) is 2.99. The van der Waals surface area contributed by atoms with Crippen LogP contribution in [0.1, 0.15) is 31.5 Å². The Morgan fingerprint density at radius 2 is 2.00 bits per heavy atom. The summed E-state index contributed by atoms with van der Waals surface area (Å²) in [7, 11) is 0. The van der Waals surface area contributed by atoms with E-state index in [-0.39, 0.29) is 0 Å². The van der Waals surface area contributed by atoms with Gasteiger partial charge in [0.05, 0.1) is 8.66 Å². The number of nitrogens with zero attached hydrogens (tertiary/aromatic N) is 2. The van der Waals surface area contributed by atoms with Crippen LogP contribution < -0.4 is 5.32 Å². The zero-order chi connectivity index (χ0) is 14.7. The second-order valence-electron chi connectivity index (χ2n) is 4.48. The minimum absolute atomic E-state index is 0.794. The van der Waals surface area contributed by atoms with Crippen molar-refractivity contribution in [1.82, 2.24) is 9.97 Å². The number of thiophene rings is 1. The van der Waals surface area contributed by atoms with E-state index in [0.29, 0.717) is 0 Å². The van der Waals surface area contributed by atoms with Crippen molar-refractivity contribution in [1.29, 1.82) is 0 Å². The Morgan fingerprint density at radius 1 is 1.25 bits per heavy atom. The van der Waals surface area contributed by atoms with E-state index in [9.17, 15) is 0 Å². The molecule has 0 spiro atoms. The fourth-order valence-electron chi connectivity index (χ4n) is 1.89. The first-order valence-electron chi connectivity index (χ1n) is 6.63. The van der Waals surface area contributed by atoms with Gasteiger partial charge in [0, 0.05) is 22.3 Å². The summed E-state index contributed by atoms with van der Waals surface area (Å²) in [5, 5.41) is 3.40. The van der Waals surface area contributed by atoms with Gasteiger partial charge in [0.1, 0.15) is 5.82 Å². The molecule has 0 bridgehead atoms. The molecule has 6 heteroatoms. The smallest absolute Gasteiger partial charge is 0.171 e. The lowest BCUT2D eigenvalue weighted by Crippen LogP contribution is -2.08. The molecule has 0 amide bonds. The van der Waals surface area contributed by atoms with Gasteiger partial charge in [0.15, 0.2) is 5.82 Å². The number of hydrogen-bond acceptors (Lipinski definition) is 4. The van der Waals surface area contributed by atoms with E-state index in [4.69, 9.17) is 4.98 Å². The van der Waals surface area contributed by atoms with Crippen LogP contribution in [0, 0.1) is 6.92 Å². The Balaban J connectivity index is 2.47. The van der Waals surface area contributed by atoms with E-state index in [2.05, 4.69) is 69.0 Å². The fraction of sp³-hybridized carbons (Fsp3) is 0.429. The molecule has 2 aromatic rings. The highest BCUT2D eigenvalue weighted by molar-refractivity contribution is 9.13. The standard InChI is InChI=1S/C14H17Br2N3S/c1-4-6-17-13-8(3)10(5-2)18-14(19-13)11-7-9(15)12(16)20-11/h7H,4-6H2,1-3H3,(H,17,18,19). The first kappa shape index (κ1) is 15.9. The molecule has 0 radical (unpaired) electrons. The van der Waals surface area contributed by atoms with Gasteiger partial charge in [-0.05, 0) is 57.7 Å². The average molecular weight is 419 g/mol. The number of halogens is 2. The summed E-state index contributed by atoms with van der Waals surface area (Å²) in [6, 6.07) is 2.06. The summed E-state index contributed by atoms with van der Waals surface area (Å²) in [6.07, 6.45) is 1.99. The van der Waals surface area contributed by atoms with Crippen LogP contribution in [0.5, 0.6) is 0 Å². The Kier molecular flexibility index (Phi) is 5.57. The molecule has 0 saturated heterocycles. The third kappa shape index (κ3) is 3.40. The fourth-order valence-corrected chi connectivity index (χ4v) is 3.86. The minimum atomic E-state index is 0.794. The molecule has 108 valence electrons. The Morgan fingerprint density at radius 3 is 2.55 bits per heavy atom. The minimum Gasteiger partial charge on any atom is -0.370 e. The topological polar surface area (TPSA) is 37.8 Å². The first-order valence-corrected chi connectivity index (χ1v) is 9.03. The van der Waals surface area contributed by atoms with Crippen molar-refractivity contribution in [3.05, 3.63) is 25.6 Å². The van der Waals surface area contributed by atoms with Crippen molar-refractivity contribution < 1.29 is 0 Å². The van der Waals surface area contributed by atoms with Crippen LogP contribution in [0.3, 0.4) is 0 Å². The highest BCUT2D eigenvalue weighted by atomic mass is 79.9. The second kappa shape index (κ2) is 7.00. The highest BCUT2D eigenvalue weighted by Gasteiger charge is 2.14. The van der Waals surface area contributed by atoms with Crippen LogP contribution in [-0.2, 0) is 6.42 Å². The van der Waals surface area contributed by atoms with Crippen molar-refractivity contribution in [3.8, 4) is 10.7 Å². The van der Waals surface area contributed by atoms with Crippen LogP contribution in [-0.4, -0.2) is 16.5 Å². The molecule has 20 heavy (non-hydrogen) atoms. The molecule has 0 fully saturated rings. The van der Waals surface area contributed by atoms with Gasteiger partial charge in [-0.1, -0.05) is 13.8 Å². The summed E-state index contributed by atoms with van der Waals surface area (Å²) in [4.78, 5) is 10.5. The summed E-state index contributed by atoms with van der Waals surface area (Å²) in [5.74, 6) is 1.75. The van der Waals surface area contributed by atoms with Crippen LogP contribution in [0.25, 0.3) is 10.7 Å². The summed E-state index contributed by atoms with van der Waals surface area (Å²) in [6.45, 7) is 7.29. The number of anilines is 1. The normalized spacial score (nSPS) is 10.8. The molecule has 0 aromatic carbocycles. The monoisotopic (exact) mass is 417 g/mol. The lowest BCUT2D eigenvalue weighted by molar-refractivity contribution is 0.937. The van der Waals surface area contributed by atoms with Crippen molar-refractivity contribution >= 4 is 49.0 Å². The predicted octanol–water partition coefficient (Wildman–Crippen LogP) is 5.42. The Labute approximate surface area is 140 Å². The van der Waals surface area contributed by atoms with E-state index >= 15 is 0 Å². The molecule has 0 atom stereocenters. The van der Waals surface area contributed by atoms with Gasteiger partial charge in [-0.15, -0.1) is 11.3 Å². The van der Waals surface area contributed by atoms with Gasteiger partial charge in [-0.3, -0.25) is 0 Å². The third-order valence-corrected chi connectivity index (χ3v) is 6.24. The molecule has 0 aliphatic heterocycles. The highest BCUT2D eigenvalue weighted by Crippen LogP contribution is 2.37. The number of hydrogen-bond donors (Lipinski definition) is 1. The molecule has 0 saturated carbocycles. The molecule has 0 aliphatic carbocycles. The molecule has 2 aromatic heterocycles. The lowest BCUT2D eigenvalue weighted by Gasteiger charge is -2.12. The second-order valence-corrected chi connectivity index (χ2v) is 7.70. The number of aromatic nitrogens is 2. The average Bonchev–Trinajstić information content (AvgIpc) is 2.77. The molecular formula is C14H17Br2N3S. The van der Waals surface area contributed by atoms with Crippen molar-refractivity contribution in [2.75, 3.05) is 11.9 Å². The Hall–Kier alpha value is -0.460. The van der Waals surface area contributed by atoms with E-state index in [1.54, 1.807) is 11.3 Å². The van der Waals surface area contributed by atoms with Crippen LogP contribution >= 0.6 is 43.2 Å². The van der Waals surface area contributed by atoms with Gasteiger partial charge >= 0.3 is 0 Å². The van der Waals surface area contributed by atoms with Crippen molar-refractivity contribution in [2.24, 2.45) is 0 Å². The van der Waals surface area contributed by atoms with Gasteiger partial charge in [-0.25, -0.2) is 9.97 Å². The number of nitrogens with one attached hydrogen (secondary N) is 1. The molecule has 2 rings (SSSR count). The van der Waals surface area contributed by atoms with Gasteiger partial charge in [0.2, 0.25) is 0 Å². The molecule has 1 N–H and O–H groups in total. The van der Waals surface area contributed by atoms with Crippen LogP contribution in [0.2, 0.25) is 0 Å². The maximum atomic E-state index is 4.70. The number of aryl methyl sites for hydroxylation is 1. The largest absolute Gasteiger partial charge is 0.370 e. The Bertz CT molecular complexity index is 591. The molecule has 2 heterocycles. The molecule has 0 unspecified atom stereocenters. The van der Waals surface area contributed by atoms with Crippen LogP contribution in [0.15, 0.2) is 14.3 Å². The van der Waals surface area contributed by atoms with Crippen LogP contribution in [0.4, 0.5) is 5.82 Å². The van der Waals surface area contributed by atoms with E-state index in [0.717, 1.165) is 55.4 Å². The van der Waals surface area contributed by atoms with Gasteiger partial charge < -0.3 is 5.32 Å². The summed E-state index contributed by atoms with van der Waals surface area (Å²) < 4.78 is 2.11. The lowest BCUT2D eigenvalue weighted by atomic mass is 10.2. The van der Waals surface area contributed by atoms with Crippen molar-refractivity contribution in [3.63, 3.8) is 0 Å². The SMILES string of the molecule is CCCNc1nc(-c2cc(Br)c(Br)s2)nc(CC)c1C. The maximum Gasteiger partial charge on any atom is 0.171 e. The first-order chi connectivity index (χ1) is 9.56. The summed E-state index contributed by atoms with van der Waals surface area (Å²) in [5.41, 5.74) is 2.26. The van der Waals surface area contributed by atoms with Crippen molar-refractivity contribution in [2.45, 2.75) is 33.6 Å².